The summed E-state index contributed by atoms with van der Waals surface area (Å²) in [6, 6.07) is 4.12. The molecule has 2 heteroatoms. The van der Waals surface area contributed by atoms with Crippen molar-refractivity contribution < 1.29 is 4.74 Å². The van der Waals surface area contributed by atoms with Crippen LogP contribution < -0.4 is 10.5 Å². The summed E-state index contributed by atoms with van der Waals surface area (Å²) in [4.78, 5) is 0. The average Bonchev–Trinajstić information content (AvgIpc) is 2.08. The third kappa shape index (κ3) is 1.43. The van der Waals surface area contributed by atoms with Gasteiger partial charge in [0.15, 0.2) is 0 Å². The first-order chi connectivity index (χ1) is 5.70. The van der Waals surface area contributed by atoms with Gasteiger partial charge < -0.3 is 10.5 Å². The van der Waals surface area contributed by atoms with Crippen molar-refractivity contribution in [2.45, 2.75) is 20.4 Å². The van der Waals surface area contributed by atoms with Gasteiger partial charge in [0, 0.05) is 12.1 Å². The SMILES string of the molecule is COc1c(C)ccc(C)c1CN. The van der Waals surface area contributed by atoms with E-state index in [0.717, 1.165) is 16.9 Å². The molecular formula is C10H15NO. The fourth-order valence-corrected chi connectivity index (χ4v) is 1.38. The number of rotatable bonds is 2. The Kier molecular flexibility index (Phi) is 2.71. The number of hydrogen-bond acceptors (Lipinski definition) is 2. The van der Waals surface area contributed by atoms with Crippen molar-refractivity contribution in [3.63, 3.8) is 0 Å². The second-order valence-electron chi connectivity index (χ2n) is 2.92. The number of aryl methyl sites for hydroxylation is 2. The van der Waals surface area contributed by atoms with Gasteiger partial charge in [-0.25, -0.2) is 0 Å². The van der Waals surface area contributed by atoms with Crippen molar-refractivity contribution in [3.05, 3.63) is 28.8 Å². The molecule has 0 radical (unpaired) electrons. The van der Waals surface area contributed by atoms with Crippen LogP contribution in [0.5, 0.6) is 5.75 Å². The van der Waals surface area contributed by atoms with Gasteiger partial charge in [-0.2, -0.15) is 0 Å². The van der Waals surface area contributed by atoms with Crippen LogP contribution in [0.1, 0.15) is 16.7 Å². The molecule has 66 valence electrons. The summed E-state index contributed by atoms with van der Waals surface area (Å²) in [6.07, 6.45) is 0. The highest BCUT2D eigenvalue weighted by atomic mass is 16.5. The Hall–Kier alpha value is -1.02. The molecule has 0 spiro atoms. The van der Waals surface area contributed by atoms with Crippen LogP contribution in [0, 0.1) is 13.8 Å². The van der Waals surface area contributed by atoms with Gasteiger partial charge in [-0.05, 0) is 25.0 Å². The van der Waals surface area contributed by atoms with Gasteiger partial charge in [0.05, 0.1) is 7.11 Å². The van der Waals surface area contributed by atoms with Crippen molar-refractivity contribution in [2.24, 2.45) is 5.73 Å². The maximum Gasteiger partial charge on any atom is 0.126 e. The predicted octanol–water partition coefficient (Wildman–Crippen LogP) is 1.77. The zero-order valence-corrected chi connectivity index (χ0v) is 7.85. The summed E-state index contributed by atoms with van der Waals surface area (Å²) in [7, 11) is 1.68. The summed E-state index contributed by atoms with van der Waals surface area (Å²) in [5, 5.41) is 0. The van der Waals surface area contributed by atoms with Gasteiger partial charge >= 0.3 is 0 Å². The molecule has 0 saturated heterocycles. The lowest BCUT2D eigenvalue weighted by Crippen LogP contribution is -2.03. The van der Waals surface area contributed by atoms with Gasteiger partial charge in [0.1, 0.15) is 5.75 Å². The van der Waals surface area contributed by atoms with Crippen LogP contribution in [0.25, 0.3) is 0 Å². The van der Waals surface area contributed by atoms with Crippen LogP contribution in [-0.2, 0) is 6.54 Å². The molecule has 0 aliphatic rings. The molecule has 0 fully saturated rings. The Bertz CT molecular complexity index is 252. The maximum absolute atomic E-state index is 5.62. The summed E-state index contributed by atoms with van der Waals surface area (Å²) in [5.41, 5.74) is 9.06. The van der Waals surface area contributed by atoms with E-state index >= 15 is 0 Å². The Morgan fingerprint density at radius 2 is 1.83 bits per heavy atom. The summed E-state index contributed by atoms with van der Waals surface area (Å²) < 4.78 is 5.27. The fourth-order valence-electron chi connectivity index (χ4n) is 1.38. The number of methoxy groups -OCH3 is 1. The average molecular weight is 165 g/mol. The number of benzene rings is 1. The molecule has 0 atom stereocenters. The minimum absolute atomic E-state index is 0.538. The Morgan fingerprint density at radius 1 is 1.25 bits per heavy atom. The van der Waals surface area contributed by atoms with Crippen molar-refractivity contribution in [3.8, 4) is 5.75 Å². The van der Waals surface area contributed by atoms with E-state index in [1.165, 1.54) is 5.56 Å². The van der Waals surface area contributed by atoms with E-state index < -0.39 is 0 Å². The highest BCUT2D eigenvalue weighted by molar-refractivity contribution is 5.45. The number of nitrogens with two attached hydrogens (primary N) is 1. The number of ether oxygens (including phenoxy) is 1. The van der Waals surface area contributed by atoms with E-state index in [9.17, 15) is 0 Å². The minimum atomic E-state index is 0.538. The Balaban J connectivity index is 3.28. The molecule has 0 unspecified atom stereocenters. The molecular weight excluding hydrogens is 150 g/mol. The van der Waals surface area contributed by atoms with Crippen molar-refractivity contribution in [2.75, 3.05) is 7.11 Å². The Morgan fingerprint density at radius 3 is 2.25 bits per heavy atom. The molecule has 2 nitrogen and oxygen atoms in total. The fraction of sp³-hybridized carbons (Fsp3) is 0.400. The van der Waals surface area contributed by atoms with Crippen LogP contribution >= 0.6 is 0 Å². The molecule has 0 heterocycles. The van der Waals surface area contributed by atoms with E-state index in [0.29, 0.717) is 6.54 Å². The van der Waals surface area contributed by atoms with Gasteiger partial charge in [-0.15, -0.1) is 0 Å². The molecule has 0 aromatic heterocycles. The highest BCUT2D eigenvalue weighted by Crippen LogP contribution is 2.25. The zero-order chi connectivity index (χ0) is 9.14. The van der Waals surface area contributed by atoms with Crippen LogP contribution in [0.2, 0.25) is 0 Å². The summed E-state index contributed by atoms with van der Waals surface area (Å²) >= 11 is 0. The largest absolute Gasteiger partial charge is 0.496 e. The van der Waals surface area contributed by atoms with E-state index in [1.807, 2.05) is 19.9 Å². The zero-order valence-electron chi connectivity index (χ0n) is 7.85. The molecule has 12 heavy (non-hydrogen) atoms. The van der Waals surface area contributed by atoms with Crippen molar-refractivity contribution in [1.29, 1.82) is 0 Å². The van der Waals surface area contributed by atoms with Gasteiger partial charge in [-0.1, -0.05) is 12.1 Å². The van der Waals surface area contributed by atoms with Crippen LogP contribution in [0.15, 0.2) is 12.1 Å². The summed E-state index contributed by atoms with van der Waals surface area (Å²) in [6.45, 7) is 4.61. The van der Waals surface area contributed by atoms with Crippen LogP contribution in [0.3, 0.4) is 0 Å². The maximum atomic E-state index is 5.62. The Labute approximate surface area is 73.3 Å². The van der Waals surface area contributed by atoms with Gasteiger partial charge in [0.2, 0.25) is 0 Å². The van der Waals surface area contributed by atoms with Crippen LogP contribution in [0.4, 0.5) is 0 Å². The lowest BCUT2D eigenvalue weighted by Gasteiger charge is -2.12. The quantitative estimate of drug-likeness (QED) is 0.724. The van der Waals surface area contributed by atoms with E-state index in [2.05, 4.69) is 6.07 Å². The first-order valence-electron chi connectivity index (χ1n) is 4.03. The minimum Gasteiger partial charge on any atom is -0.496 e. The topological polar surface area (TPSA) is 35.2 Å². The van der Waals surface area contributed by atoms with Gasteiger partial charge in [0.25, 0.3) is 0 Å². The summed E-state index contributed by atoms with van der Waals surface area (Å²) in [5.74, 6) is 0.928. The molecule has 1 aromatic rings. The van der Waals surface area contributed by atoms with Gasteiger partial charge in [-0.3, -0.25) is 0 Å². The smallest absolute Gasteiger partial charge is 0.126 e. The lowest BCUT2D eigenvalue weighted by molar-refractivity contribution is 0.406. The van der Waals surface area contributed by atoms with Crippen molar-refractivity contribution in [1.82, 2.24) is 0 Å². The molecule has 1 rings (SSSR count). The second-order valence-corrected chi connectivity index (χ2v) is 2.92. The normalized spacial score (nSPS) is 10.0. The third-order valence-electron chi connectivity index (χ3n) is 2.10. The third-order valence-corrected chi connectivity index (χ3v) is 2.10. The van der Waals surface area contributed by atoms with Crippen LogP contribution in [-0.4, -0.2) is 7.11 Å². The highest BCUT2D eigenvalue weighted by Gasteiger charge is 2.06. The standard InChI is InChI=1S/C10H15NO/c1-7-4-5-8(2)10(12-3)9(7)6-11/h4-5H,6,11H2,1-3H3. The number of hydrogen-bond donors (Lipinski definition) is 1. The molecule has 0 aliphatic carbocycles. The second kappa shape index (κ2) is 3.59. The molecule has 2 N–H and O–H groups in total. The molecule has 0 aliphatic heterocycles. The van der Waals surface area contributed by atoms with E-state index in [1.54, 1.807) is 7.11 Å². The monoisotopic (exact) mass is 165 g/mol. The van der Waals surface area contributed by atoms with Crippen molar-refractivity contribution >= 4 is 0 Å². The molecule has 0 saturated carbocycles. The molecule has 1 aromatic carbocycles. The van der Waals surface area contributed by atoms with E-state index in [4.69, 9.17) is 10.5 Å². The van der Waals surface area contributed by atoms with E-state index in [-0.39, 0.29) is 0 Å². The lowest BCUT2D eigenvalue weighted by atomic mass is 10.0. The molecule has 0 bridgehead atoms. The first-order valence-corrected chi connectivity index (χ1v) is 4.03. The molecule has 0 amide bonds. The first kappa shape index (κ1) is 9.07. The predicted molar refractivity (Wildman–Crippen MR) is 50.4 cm³/mol.